The number of ether oxygens (including phenoxy) is 2. The number of nitrogens with zero attached hydrogens (tertiary/aromatic N) is 4. The van der Waals surface area contributed by atoms with Crippen molar-refractivity contribution in [2.45, 2.75) is 32.4 Å². The number of imidazole rings is 1. The van der Waals surface area contributed by atoms with Crippen molar-refractivity contribution in [1.29, 1.82) is 0 Å². The third-order valence-electron chi connectivity index (χ3n) is 4.47. The highest BCUT2D eigenvalue weighted by Crippen LogP contribution is 2.29. The Hall–Kier alpha value is -2.80. The van der Waals surface area contributed by atoms with Gasteiger partial charge >= 0.3 is 5.97 Å². The topological polar surface area (TPSA) is 79.1 Å². The van der Waals surface area contributed by atoms with Gasteiger partial charge in [0, 0.05) is 12.2 Å². The van der Waals surface area contributed by atoms with Crippen LogP contribution in [0.4, 0.5) is 0 Å². The van der Waals surface area contributed by atoms with Crippen LogP contribution in [0.25, 0.3) is 22.4 Å². The maximum atomic E-state index is 12.0. The number of esters is 1. The van der Waals surface area contributed by atoms with Crippen molar-refractivity contribution in [3.63, 3.8) is 0 Å². The SMILES string of the molecule is CCOC(=O)c1cccc(-c2ncnc3c2ncn3C2CCCCO2)c1. The molecule has 7 nitrogen and oxygen atoms in total. The Bertz CT molecular complexity index is 931. The van der Waals surface area contributed by atoms with Gasteiger partial charge in [0.25, 0.3) is 0 Å². The molecular formula is C19H20N4O3. The van der Waals surface area contributed by atoms with E-state index in [-0.39, 0.29) is 12.2 Å². The Labute approximate surface area is 151 Å². The molecule has 26 heavy (non-hydrogen) atoms. The van der Waals surface area contributed by atoms with Crippen molar-refractivity contribution in [2.75, 3.05) is 13.2 Å². The quantitative estimate of drug-likeness (QED) is 0.670. The molecule has 3 aromatic rings. The molecular weight excluding hydrogens is 332 g/mol. The molecule has 1 saturated heterocycles. The van der Waals surface area contributed by atoms with Crippen LogP contribution in [0, 0.1) is 0 Å². The molecule has 1 unspecified atom stereocenters. The maximum absolute atomic E-state index is 12.0. The summed E-state index contributed by atoms with van der Waals surface area (Å²) in [5, 5.41) is 0. The van der Waals surface area contributed by atoms with E-state index in [2.05, 4.69) is 15.0 Å². The van der Waals surface area contributed by atoms with Gasteiger partial charge in [-0.25, -0.2) is 19.7 Å². The van der Waals surface area contributed by atoms with E-state index in [4.69, 9.17) is 9.47 Å². The molecule has 3 heterocycles. The lowest BCUT2D eigenvalue weighted by molar-refractivity contribution is -0.0298. The minimum atomic E-state index is -0.346. The molecule has 1 fully saturated rings. The highest BCUT2D eigenvalue weighted by Gasteiger charge is 2.20. The van der Waals surface area contributed by atoms with Gasteiger partial charge in [0.05, 0.1) is 18.5 Å². The van der Waals surface area contributed by atoms with E-state index >= 15 is 0 Å². The number of rotatable bonds is 4. The number of carbonyl (C=O) groups is 1. The summed E-state index contributed by atoms with van der Waals surface area (Å²) in [7, 11) is 0. The Morgan fingerprint density at radius 2 is 2.23 bits per heavy atom. The number of benzene rings is 1. The van der Waals surface area contributed by atoms with Crippen LogP contribution in [-0.4, -0.2) is 38.7 Å². The summed E-state index contributed by atoms with van der Waals surface area (Å²) in [6, 6.07) is 7.22. The van der Waals surface area contributed by atoms with Crippen molar-refractivity contribution in [3.8, 4) is 11.3 Å². The van der Waals surface area contributed by atoms with Crippen LogP contribution in [0.15, 0.2) is 36.9 Å². The van der Waals surface area contributed by atoms with Gasteiger partial charge in [0.1, 0.15) is 23.8 Å². The zero-order valence-electron chi connectivity index (χ0n) is 14.6. The number of fused-ring (bicyclic) bond motifs is 1. The number of carbonyl (C=O) groups excluding carboxylic acids is 1. The van der Waals surface area contributed by atoms with Gasteiger partial charge in [0.2, 0.25) is 0 Å². The fourth-order valence-corrected chi connectivity index (χ4v) is 3.22. The first-order chi connectivity index (χ1) is 12.8. The lowest BCUT2D eigenvalue weighted by atomic mass is 10.1. The Kier molecular flexibility index (Phi) is 4.62. The standard InChI is InChI=1S/C19H20N4O3/c1-2-25-19(24)14-7-5-6-13(10-14)16-17-18(21-11-20-16)23(12-22-17)15-8-3-4-9-26-15/h5-7,10-12,15H,2-4,8-9H2,1H3. The largest absolute Gasteiger partial charge is 0.462 e. The van der Waals surface area contributed by atoms with Crippen LogP contribution in [-0.2, 0) is 9.47 Å². The van der Waals surface area contributed by atoms with E-state index in [0.29, 0.717) is 23.4 Å². The molecule has 0 saturated carbocycles. The molecule has 2 aromatic heterocycles. The van der Waals surface area contributed by atoms with E-state index in [1.54, 1.807) is 25.4 Å². The van der Waals surface area contributed by atoms with E-state index in [9.17, 15) is 4.79 Å². The second-order valence-electron chi connectivity index (χ2n) is 6.17. The molecule has 1 aliphatic heterocycles. The normalized spacial score (nSPS) is 17.3. The van der Waals surface area contributed by atoms with Crippen LogP contribution in [0.2, 0.25) is 0 Å². The molecule has 0 N–H and O–H groups in total. The zero-order valence-corrected chi connectivity index (χ0v) is 14.6. The minimum absolute atomic E-state index is 0.0395. The number of aromatic nitrogens is 4. The molecule has 0 aliphatic carbocycles. The minimum Gasteiger partial charge on any atom is -0.462 e. The third-order valence-corrected chi connectivity index (χ3v) is 4.47. The van der Waals surface area contributed by atoms with E-state index in [1.165, 1.54) is 6.33 Å². The Balaban J connectivity index is 1.74. The molecule has 0 radical (unpaired) electrons. The van der Waals surface area contributed by atoms with Crippen molar-refractivity contribution >= 4 is 17.1 Å². The fraction of sp³-hybridized carbons (Fsp3) is 0.368. The van der Waals surface area contributed by atoms with Gasteiger partial charge in [0.15, 0.2) is 5.65 Å². The predicted octanol–water partition coefficient (Wildman–Crippen LogP) is 3.37. The highest BCUT2D eigenvalue weighted by molar-refractivity contribution is 5.93. The summed E-state index contributed by atoms with van der Waals surface area (Å²) in [5.74, 6) is -0.346. The summed E-state index contributed by atoms with van der Waals surface area (Å²) < 4.78 is 12.9. The third kappa shape index (κ3) is 3.06. The molecule has 0 bridgehead atoms. The van der Waals surface area contributed by atoms with Gasteiger partial charge in [-0.15, -0.1) is 0 Å². The first kappa shape index (κ1) is 16.7. The second-order valence-corrected chi connectivity index (χ2v) is 6.17. The van der Waals surface area contributed by atoms with Crippen LogP contribution in [0.5, 0.6) is 0 Å². The molecule has 7 heteroatoms. The zero-order chi connectivity index (χ0) is 17.9. The smallest absolute Gasteiger partial charge is 0.338 e. The van der Waals surface area contributed by atoms with E-state index in [1.807, 2.05) is 16.7 Å². The average molecular weight is 352 g/mol. The fourth-order valence-electron chi connectivity index (χ4n) is 3.22. The maximum Gasteiger partial charge on any atom is 0.338 e. The summed E-state index contributed by atoms with van der Waals surface area (Å²) >= 11 is 0. The highest BCUT2D eigenvalue weighted by atomic mass is 16.5. The second kappa shape index (κ2) is 7.21. The Morgan fingerprint density at radius 1 is 1.31 bits per heavy atom. The van der Waals surface area contributed by atoms with Crippen molar-refractivity contribution < 1.29 is 14.3 Å². The summed E-state index contributed by atoms with van der Waals surface area (Å²) in [6.07, 6.45) is 6.41. The molecule has 0 spiro atoms. The van der Waals surface area contributed by atoms with Crippen LogP contribution in [0.1, 0.15) is 42.8 Å². The van der Waals surface area contributed by atoms with Crippen molar-refractivity contribution in [3.05, 3.63) is 42.5 Å². The van der Waals surface area contributed by atoms with E-state index < -0.39 is 0 Å². The average Bonchev–Trinajstić information content (AvgIpc) is 3.13. The summed E-state index contributed by atoms with van der Waals surface area (Å²) in [5.41, 5.74) is 3.42. The first-order valence-electron chi connectivity index (χ1n) is 8.84. The van der Waals surface area contributed by atoms with Crippen LogP contribution < -0.4 is 0 Å². The van der Waals surface area contributed by atoms with Crippen LogP contribution in [0.3, 0.4) is 0 Å². The van der Waals surface area contributed by atoms with Gasteiger partial charge in [-0.3, -0.25) is 4.57 Å². The van der Waals surface area contributed by atoms with Gasteiger partial charge < -0.3 is 9.47 Å². The van der Waals surface area contributed by atoms with Gasteiger partial charge in [-0.05, 0) is 38.3 Å². The monoisotopic (exact) mass is 352 g/mol. The molecule has 1 aliphatic rings. The number of hydrogen-bond acceptors (Lipinski definition) is 6. The van der Waals surface area contributed by atoms with E-state index in [0.717, 1.165) is 37.1 Å². The van der Waals surface area contributed by atoms with Crippen LogP contribution >= 0.6 is 0 Å². The molecule has 1 atom stereocenters. The van der Waals surface area contributed by atoms with Crippen molar-refractivity contribution in [2.24, 2.45) is 0 Å². The molecule has 134 valence electrons. The summed E-state index contributed by atoms with van der Waals surface area (Å²) in [4.78, 5) is 25.3. The molecule has 1 aromatic carbocycles. The lowest BCUT2D eigenvalue weighted by Gasteiger charge is -2.23. The first-order valence-corrected chi connectivity index (χ1v) is 8.84. The summed E-state index contributed by atoms with van der Waals surface area (Å²) in [6.45, 7) is 2.88. The van der Waals surface area contributed by atoms with Gasteiger partial charge in [-0.1, -0.05) is 12.1 Å². The predicted molar refractivity (Wildman–Crippen MR) is 95.6 cm³/mol. The molecule has 0 amide bonds. The van der Waals surface area contributed by atoms with Crippen molar-refractivity contribution in [1.82, 2.24) is 19.5 Å². The van der Waals surface area contributed by atoms with Gasteiger partial charge in [-0.2, -0.15) is 0 Å². The molecule has 4 rings (SSSR count). The number of hydrogen-bond donors (Lipinski definition) is 0. The Morgan fingerprint density at radius 3 is 3.04 bits per heavy atom. The lowest BCUT2D eigenvalue weighted by Crippen LogP contribution is -2.17.